The summed E-state index contributed by atoms with van der Waals surface area (Å²) >= 11 is 3.39. The van der Waals surface area contributed by atoms with E-state index in [9.17, 15) is 0 Å². The number of hydrogen-bond donors (Lipinski definition) is 0. The smallest absolute Gasteiger partial charge is 0.147 e. The van der Waals surface area contributed by atoms with E-state index in [1.165, 1.54) is 37.1 Å². The number of imidazole rings is 1. The molecule has 0 aliphatic heterocycles. The van der Waals surface area contributed by atoms with Crippen LogP contribution in [-0.4, -0.2) is 14.5 Å². The SMILES string of the molecule is [2H]C([2H])([2H])c1ccc2c(n1)sc1c(-c3nc4cc5ccccc5cc4n3-c3ccc(C(C)C)c4sc5ccccc5c34)cccc12. The Labute approximate surface area is 260 Å². The Hall–Kier alpha value is -4.58. The van der Waals surface area contributed by atoms with Crippen molar-refractivity contribution in [2.75, 3.05) is 0 Å². The normalized spacial score (nSPS) is 13.6. The molecule has 0 fully saturated rings. The van der Waals surface area contributed by atoms with Crippen LogP contribution in [0, 0.1) is 6.85 Å². The highest BCUT2D eigenvalue weighted by Crippen LogP contribution is 2.45. The molecule has 0 radical (unpaired) electrons. The fourth-order valence-electron chi connectivity index (χ4n) is 6.51. The fraction of sp³-hybridized carbons (Fsp3) is 0.105. The Kier molecular flexibility index (Phi) is 4.72. The summed E-state index contributed by atoms with van der Waals surface area (Å²) in [6.07, 6.45) is 0. The molecule has 9 rings (SSSR count). The van der Waals surface area contributed by atoms with Crippen LogP contribution in [0.3, 0.4) is 0 Å². The molecule has 43 heavy (non-hydrogen) atoms. The zero-order chi connectivity index (χ0) is 31.3. The van der Waals surface area contributed by atoms with E-state index in [4.69, 9.17) is 9.10 Å². The highest BCUT2D eigenvalue weighted by Gasteiger charge is 2.23. The highest BCUT2D eigenvalue weighted by molar-refractivity contribution is 7.26. The van der Waals surface area contributed by atoms with Crippen molar-refractivity contribution >= 4 is 85.0 Å². The molecule has 0 aliphatic rings. The second-order valence-corrected chi connectivity index (χ2v) is 13.5. The number of nitrogens with zero attached hydrogens (tertiary/aromatic N) is 3. The Morgan fingerprint density at radius 3 is 2.40 bits per heavy atom. The highest BCUT2D eigenvalue weighted by atomic mass is 32.1. The molecule has 0 saturated carbocycles. The third-order valence-electron chi connectivity index (χ3n) is 8.52. The fourth-order valence-corrected chi connectivity index (χ4v) is 9.08. The Bertz CT molecular complexity index is 2680. The van der Waals surface area contributed by atoms with Crippen molar-refractivity contribution in [3.8, 4) is 17.1 Å². The number of benzene rings is 5. The van der Waals surface area contributed by atoms with Gasteiger partial charge >= 0.3 is 0 Å². The summed E-state index contributed by atoms with van der Waals surface area (Å²) in [4.78, 5) is 10.7. The van der Waals surface area contributed by atoms with Gasteiger partial charge in [-0.25, -0.2) is 9.97 Å². The van der Waals surface area contributed by atoms with Crippen LogP contribution in [0.15, 0.2) is 103 Å². The van der Waals surface area contributed by atoms with Crippen molar-refractivity contribution in [3.63, 3.8) is 0 Å². The van der Waals surface area contributed by atoms with Gasteiger partial charge in [0, 0.05) is 51.0 Å². The maximum atomic E-state index is 7.92. The average Bonchev–Trinajstić information content (AvgIpc) is 3.73. The van der Waals surface area contributed by atoms with Crippen molar-refractivity contribution in [2.45, 2.75) is 26.6 Å². The van der Waals surface area contributed by atoms with Crippen LogP contribution in [0.5, 0.6) is 0 Å². The maximum absolute atomic E-state index is 7.92. The summed E-state index contributed by atoms with van der Waals surface area (Å²) in [5.41, 5.74) is 5.53. The zero-order valence-corrected chi connectivity index (χ0v) is 25.2. The van der Waals surface area contributed by atoms with Gasteiger partial charge in [0.15, 0.2) is 0 Å². The minimum atomic E-state index is -2.26. The van der Waals surface area contributed by atoms with Crippen molar-refractivity contribution in [1.29, 1.82) is 0 Å². The van der Waals surface area contributed by atoms with Crippen LogP contribution in [0.1, 0.15) is 35.1 Å². The molecule has 0 atom stereocenters. The number of rotatable bonds is 3. The van der Waals surface area contributed by atoms with Crippen LogP contribution in [0.2, 0.25) is 0 Å². The standard InChI is InChI=1S/C38H27N3S2/c1-21(2)25-17-18-31(34-28-11-6-7-14-33(28)42-36(25)34)41-32-20-24-10-5-4-9-23(24)19-30(32)40-37(41)29-13-8-12-26-27-16-15-22(3)39-38(27)43-35(26)29/h4-21H,1-3H3/i3D3. The molecule has 5 aromatic carbocycles. The molecule has 5 heteroatoms. The predicted molar refractivity (Wildman–Crippen MR) is 186 cm³/mol. The van der Waals surface area contributed by atoms with E-state index in [-0.39, 0.29) is 5.69 Å². The van der Waals surface area contributed by atoms with E-state index in [1.807, 2.05) is 17.4 Å². The van der Waals surface area contributed by atoms with Gasteiger partial charge < -0.3 is 0 Å². The molecule has 0 bridgehead atoms. The summed E-state index contributed by atoms with van der Waals surface area (Å²) in [5, 5.41) is 6.80. The molecule has 0 spiro atoms. The van der Waals surface area contributed by atoms with Gasteiger partial charge in [-0.2, -0.15) is 0 Å². The Morgan fingerprint density at radius 1 is 0.721 bits per heavy atom. The van der Waals surface area contributed by atoms with E-state index in [0.29, 0.717) is 5.92 Å². The van der Waals surface area contributed by atoms with Crippen LogP contribution in [0.25, 0.3) is 79.4 Å². The van der Waals surface area contributed by atoms with Crippen LogP contribution in [-0.2, 0) is 0 Å². The lowest BCUT2D eigenvalue weighted by Crippen LogP contribution is -2.00. The van der Waals surface area contributed by atoms with Gasteiger partial charge in [0.25, 0.3) is 0 Å². The lowest BCUT2D eigenvalue weighted by molar-refractivity contribution is 0.877. The van der Waals surface area contributed by atoms with Gasteiger partial charge in [-0.3, -0.25) is 4.57 Å². The number of fused-ring (bicyclic) bond motifs is 8. The third-order valence-corrected chi connectivity index (χ3v) is 10.9. The van der Waals surface area contributed by atoms with Gasteiger partial charge in [-0.15, -0.1) is 22.7 Å². The molecule has 4 aromatic heterocycles. The van der Waals surface area contributed by atoms with E-state index >= 15 is 0 Å². The summed E-state index contributed by atoms with van der Waals surface area (Å²) < 4.78 is 29.7. The maximum Gasteiger partial charge on any atom is 0.147 e. The lowest BCUT2D eigenvalue weighted by atomic mass is 9.99. The molecule has 0 N–H and O–H groups in total. The van der Waals surface area contributed by atoms with Gasteiger partial charge in [0.2, 0.25) is 0 Å². The van der Waals surface area contributed by atoms with Crippen molar-refractivity contribution < 1.29 is 4.11 Å². The Balaban J connectivity index is 1.42. The summed E-state index contributed by atoms with van der Waals surface area (Å²) in [6.45, 7) is 2.26. The molecule has 0 aliphatic carbocycles. The first kappa shape index (κ1) is 22.0. The van der Waals surface area contributed by atoms with Crippen molar-refractivity contribution in [3.05, 3.63) is 114 Å². The Morgan fingerprint density at radius 2 is 1.53 bits per heavy atom. The lowest BCUT2D eigenvalue weighted by Gasteiger charge is -2.15. The number of aromatic nitrogens is 3. The van der Waals surface area contributed by atoms with Gasteiger partial charge in [0.1, 0.15) is 10.7 Å². The number of thiophene rings is 2. The molecule has 9 aromatic rings. The van der Waals surface area contributed by atoms with E-state index < -0.39 is 6.85 Å². The van der Waals surface area contributed by atoms with Crippen LogP contribution < -0.4 is 0 Å². The zero-order valence-electron chi connectivity index (χ0n) is 26.6. The van der Waals surface area contributed by atoms with E-state index in [0.717, 1.165) is 59.2 Å². The quantitative estimate of drug-likeness (QED) is 0.204. The summed E-state index contributed by atoms with van der Waals surface area (Å²) in [5.74, 6) is 1.24. The third kappa shape index (κ3) is 3.65. The summed E-state index contributed by atoms with van der Waals surface area (Å²) in [6, 6.07) is 35.9. The molecular formula is C38H27N3S2. The molecule has 4 heterocycles. The number of pyridine rings is 1. The summed E-state index contributed by atoms with van der Waals surface area (Å²) in [7, 11) is 0. The molecular weight excluding hydrogens is 563 g/mol. The van der Waals surface area contributed by atoms with Gasteiger partial charge in [0.05, 0.1) is 16.7 Å². The monoisotopic (exact) mass is 592 g/mol. The minimum absolute atomic E-state index is 0.115. The minimum Gasteiger partial charge on any atom is -0.292 e. The van der Waals surface area contributed by atoms with Gasteiger partial charge in [-0.05, 0) is 71.6 Å². The first-order valence-corrected chi connectivity index (χ1v) is 16.1. The first-order valence-electron chi connectivity index (χ1n) is 15.9. The van der Waals surface area contributed by atoms with Gasteiger partial charge in [-0.1, -0.05) is 74.5 Å². The molecule has 206 valence electrons. The predicted octanol–water partition coefficient (Wildman–Crippen LogP) is 11.4. The largest absolute Gasteiger partial charge is 0.292 e. The molecule has 0 amide bonds. The van der Waals surface area contributed by atoms with Crippen molar-refractivity contribution in [2.24, 2.45) is 0 Å². The number of hydrogen-bond acceptors (Lipinski definition) is 4. The van der Waals surface area contributed by atoms with E-state index in [2.05, 4.69) is 114 Å². The molecule has 0 unspecified atom stereocenters. The molecule has 0 saturated heterocycles. The topological polar surface area (TPSA) is 30.7 Å². The van der Waals surface area contributed by atoms with E-state index in [1.54, 1.807) is 6.07 Å². The van der Waals surface area contributed by atoms with Crippen LogP contribution in [0.4, 0.5) is 0 Å². The molecule has 3 nitrogen and oxygen atoms in total. The number of aryl methyl sites for hydroxylation is 1. The first-order chi connectivity index (χ1) is 22.3. The second kappa shape index (κ2) is 9.21. The second-order valence-electron chi connectivity index (χ2n) is 11.4. The van der Waals surface area contributed by atoms with Crippen LogP contribution >= 0.6 is 22.7 Å². The van der Waals surface area contributed by atoms with Crippen molar-refractivity contribution in [1.82, 2.24) is 14.5 Å². The average molecular weight is 593 g/mol.